The summed E-state index contributed by atoms with van der Waals surface area (Å²) in [7, 11) is -9.34. The number of rotatable bonds is 2. The molecule has 0 atom stereocenters. The molecular weight excluding hydrogens is 1490 g/mol. The molecule has 0 saturated heterocycles. The molecule has 0 bridgehead atoms. The van der Waals surface area contributed by atoms with Crippen LogP contribution in [0.5, 0.6) is 0 Å². The van der Waals surface area contributed by atoms with E-state index in [9.17, 15) is 45.1 Å². The maximum atomic E-state index is 12.3. The zero-order chi connectivity index (χ0) is 73.5. The summed E-state index contributed by atoms with van der Waals surface area (Å²) in [5.41, 5.74) is 17.4. The SMILES string of the molecule is Cc1ccc2ccc3ccc(C)nc3c2n1.Cc1ccc2ccc3ccc(C)nc3c2n1.Cc1ccc2ccc3ccc(C)nc3c2n1.Cc1ccc2ccc3ccc(C)nc3c2n1.O.O=C1c2ccccc2C(=O)c2cc(S(=O)(=O)[O-])ccc21.O=C1c2ccccc2C(=O)c2cc(S(=O)(=O)[O-])ccc21.[Cu+].[Cu+]. The number of nitrogens with zero attached hydrogens (tertiary/aromatic N) is 8. The Hall–Kier alpha value is -11.5. The fraction of sp³-hybridized carbons (Fsp3) is 0.0952. The van der Waals surface area contributed by atoms with Crippen LogP contribution in [0.25, 0.3) is 87.2 Å². The molecule has 2 aliphatic rings. The maximum absolute atomic E-state index is 12.3. The van der Waals surface area contributed by atoms with Gasteiger partial charge in [-0.25, -0.2) is 16.8 Å². The van der Waals surface area contributed by atoms with Crippen molar-refractivity contribution in [3.8, 4) is 0 Å². The van der Waals surface area contributed by atoms with Crippen LogP contribution in [0.4, 0.5) is 0 Å². The van der Waals surface area contributed by atoms with Crippen LogP contribution in [0.15, 0.2) is 240 Å². The third kappa shape index (κ3) is 16.6. The van der Waals surface area contributed by atoms with E-state index in [1.807, 2.05) is 104 Å². The molecule has 2 aliphatic carbocycles. The van der Waals surface area contributed by atoms with Gasteiger partial charge in [-0.15, -0.1) is 0 Å². The van der Waals surface area contributed by atoms with Gasteiger partial charge in [0.25, 0.3) is 0 Å². The number of aromatic nitrogens is 8. The van der Waals surface area contributed by atoms with Crippen molar-refractivity contribution in [3.05, 3.63) is 321 Å². The number of benzene rings is 8. The van der Waals surface area contributed by atoms with Crippen molar-refractivity contribution in [1.29, 1.82) is 0 Å². The minimum atomic E-state index is -4.67. The average molecular weight is 1550 g/mol. The van der Waals surface area contributed by atoms with Crippen LogP contribution >= 0.6 is 0 Å². The zero-order valence-corrected chi connectivity index (χ0v) is 62.0. The van der Waals surface area contributed by atoms with E-state index >= 15 is 0 Å². The number of ketones is 4. The number of carbonyl (C=O) groups excluding carboxylic acids is 4. The Balaban J connectivity index is 0.000000137. The predicted octanol–water partition coefficient (Wildman–Crippen LogP) is 15.5. The van der Waals surface area contributed by atoms with Gasteiger partial charge in [0.1, 0.15) is 20.2 Å². The Bertz CT molecular complexity index is 5660. The Morgan fingerprint density at radius 2 is 0.374 bits per heavy atom. The fourth-order valence-corrected chi connectivity index (χ4v) is 13.3. The first kappa shape index (κ1) is 78.1. The van der Waals surface area contributed by atoms with E-state index in [-0.39, 0.29) is 95.7 Å². The molecule has 16 aromatic rings. The van der Waals surface area contributed by atoms with Gasteiger partial charge in [0.15, 0.2) is 23.1 Å². The van der Waals surface area contributed by atoms with Gasteiger partial charge in [-0.2, -0.15) is 0 Å². The number of hydrogen-bond acceptors (Lipinski definition) is 18. The number of carbonyl (C=O) groups is 4. The fourth-order valence-electron chi connectivity index (χ4n) is 12.3. The summed E-state index contributed by atoms with van der Waals surface area (Å²) < 4.78 is 66.0. The van der Waals surface area contributed by atoms with Crippen molar-refractivity contribution in [1.82, 2.24) is 39.9 Å². The molecule has 0 fully saturated rings. The van der Waals surface area contributed by atoms with Gasteiger partial charge in [0.05, 0.1) is 53.9 Å². The summed E-state index contributed by atoms with van der Waals surface area (Å²) in [6.07, 6.45) is 0. The van der Waals surface area contributed by atoms with Crippen LogP contribution in [0, 0.1) is 55.4 Å². The van der Waals surface area contributed by atoms with E-state index in [1.165, 1.54) is 36.4 Å². The topological polar surface area (TPSA) is 317 Å². The van der Waals surface area contributed by atoms with Crippen LogP contribution < -0.4 is 0 Å². The minimum absolute atomic E-state index is 0. The van der Waals surface area contributed by atoms with E-state index in [4.69, 9.17) is 0 Å². The van der Waals surface area contributed by atoms with Crippen LogP contribution in [-0.2, 0) is 54.4 Å². The first-order valence-corrected chi connectivity index (χ1v) is 35.7. The molecule has 8 aromatic heterocycles. The Morgan fingerprint density at radius 3 is 0.542 bits per heavy atom. The summed E-state index contributed by atoms with van der Waals surface area (Å²) >= 11 is 0. The monoisotopic (exact) mass is 1550 g/mol. The van der Waals surface area contributed by atoms with Gasteiger partial charge in [-0.1, -0.05) is 146 Å². The molecule has 2 N–H and O–H groups in total. The molecule has 0 unspecified atom stereocenters. The maximum Gasteiger partial charge on any atom is 1.00 e. The second kappa shape index (κ2) is 32.1. The molecule has 0 aliphatic heterocycles. The zero-order valence-electron chi connectivity index (χ0n) is 58.5. The van der Waals surface area contributed by atoms with Gasteiger partial charge in [0, 0.05) is 133 Å². The van der Waals surface area contributed by atoms with Crippen molar-refractivity contribution in [3.63, 3.8) is 0 Å². The van der Waals surface area contributed by atoms with E-state index in [0.717, 1.165) is 157 Å². The third-order valence-electron chi connectivity index (χ3n) is 17.6. The van der Waals surface area contributed by atoms with Crippen molar-refractivity contribution >= 4 is 131 Å². The number of hydrogen-bond donors (Lipinski definition) is 0. The van der Waals surface area contributed by atoms with Gasteiger partial charge in [-0.05, 0) is 140 Å². The van der Waals surface area contributed by atoms with E-state index in [1.54, 1.807) is 24.3 Å². The molecule has 18 rings (SSSR count). The summed E-state index contributed by atoms with van der Waals surface area (Å²) in [6.45, 7) is 16.1. The van der Waals surface area contributed by atoms with Crippen LogP contribution in [-0.4, -0.2) is 94.4 Å². The van der Waals surface area contributed by atoms with Crippen LogP contribution in [0.2, 0.25) is 0 Å². The largest absolute Gasteiger partial charge is 1.00 e. The Kier molecular flexibility index (Phi) is 23.4. The molecule has 540 valence electrons. The summed E-state index contributed by atoms with van der Waals surface area (Å²) in [5, 5.41) is 9.19. The summed E-state index contributed by atoms with van der Waals surface area (Å²) in [4.78, 5) is 84.7. The van der Waals surface area contributed by atoms with Gasteiger partial charge in [-0.3, -0.25) is 59.0 Å². The van der Waals surface area contributed by atoms with Gasteiger partial charge in [0.2, 0.25) is 0 Å². The molecule has 19 nitrogen and oxygen atoms in total. The molecule has 0 amide bonds. The summed E-state index contributed by atoms with van der Waals surface area (Å²) in [5.74, 6) is -1.63. The van der Waals surface area contributed by atoms with Crippen molar-refractivity contribution < 1.29 is 84.7 Å². The molecule has 23 heteroatoms. The van der Waals surface area contributed by atoms with E-state index in [0.29, 0.717) is 0 Å². The van der Waals surface area contributed by atoms with Crippen molar-refractivity contribution in [2.24, 2.45) is 0 Å². The third-order valence-corrected chi connectivity index (χ3v) is 19.2. The average Bonchev–Trinajstić information content (AvgIpc) is 0.758. The first-order valence-electron chi connectivity index (χ1n) is 32.9. The quantitative estimate of drug-likeness (QED) is 0.0881. The summed E-state index contributed by atoms with van der Waals surface area (Å²) in [6, 6.07) is 68.8. The second-order valence-electron chi connectivity index (χ2n) is 25.2. The predicted molar refractivity (Wildman–Crippen MR) is 405 cm³/mol. The Morgan fingerprint density at radius 1 is 0.224 bits per heavy atom. The van der Waals surface area contributed by atoms with E-state index in [2.05, 4.69) is 137 Å². The molecule has 0 radical (unpaired) electrons. The van der Waals surface area contributed by atoms with Crippen molar-refractivity contribution in [2.45, 2.75) is 65.2 Å². The number of pyridine rings is 8. The van der Waals surface area contributed by atoms with Crippen LogP contribution in [0.1, 0.15) is 109 Å². The molecule has 0 saturated carbocycles. The molecule has 0 spiro atoms. The second-order valence-corrected chi connectivity index (χ2v) is 27.9. The van der Waals surface area contributed by atoms with Crippen LogP contribution in [0.3, 0.4) is 0 Å². The molecular formula is C84H64Cu2N8O11S2. The normalized spacial score (nSPS) is 11.8. The first-order chi connectivity index (χ1) is 49.7. The number of fused-ring (bicyclic) bond motifs is 16. The van der Waals surface area contributed by atoms with Crippen molar-refractivity contribution in [2.75, 3.05) is 0 Å². The smallest absolute Gasteiger partial charge is 0.744 e. The molecule has 8 heterocycles. The van der Waals surface area contributed by atoms with Gasteiger partial charge < -0.3 is 14.6 Å². The standard InChI is InChI=1S/4C14H12N2.2C14H8O5S.2Cu.H2O/c4*1-9-3-5-11-7-8-12-6-4-10(2)16-14(12)13(11)15-9;2*15-13-9-3-1-2-4-10(9)14(16)12-7-8(20(17,18)19)5-6-11(12)13;;;/h4*3-8H,1-2H3;2*1-7H,(H,17,18,19);;;1H2/q;;;;;;2*+1;/p-2. The van der Waals surface area contributed by atoms with E-state index < -0.39 is 41.6 Å². The molecule has 107 heavy (non-hydrogen) atoms. The van der Waals surface area contributed by atoms with Gasteiger partial charge >= 0.3 is 34.1 Å². The Labute approximate surface area is 636 Å². The number of aryl methyl sites for hydroxylation is 8. The molecule has 8 aromatic carbocycles. The minimum Gasteiger partial charge on any atom is -0.744 e.